The fraction of sp³-hybridized carbons (Fsp3) is 0.0182. The molecule has 0 spiro atoms. The van der Waals surface area contributed by atoms with Crippen LogP contribution in [0, 0.1) is 0 Å². The van der Waals surface area contributed by atoms with Crippen LogP contribution in [0.3, 0.4) is 0 Å². The lowest BCUT2D eigenvalue weighted by molar-refractivity contribution is 0.769. The van der Waals surface area contributed by atoms with E-state index in [0.29, 0.717) is 0 Å². The topological polar surface area (TPSA) is 0 Å². The van der Waals surface area contributed by atoms with Crippen LogP contribution in [0.15, 0.2) is 231 Å². The highest BCUT2D eigenvalue weighted by Crippen LogP contribution is 2.56. The summed E-state index contributed by atoms with van der Waals surface area (Å²) in [6, 6.07) is 84.3. The molecular weight excluding hydrogens is 661 g/mol. The summed E-state index contributed by atoms with van der Waals surface area (Å²) in [7, 11) is 0. The van der Waals surface area contributed by atoms with Crippen LogP contribution in [0.1, 0.15) is 22.3 Å². The molecule has 0 N–H and O–H groups in total. The summed E-state index contributed by atoms with van der Waals surface area (Å²) in [6.45, 7) is 0. The van der Waals surface area contributed by atoms with Crippen LogP contribution in [0.4, 0.5) is 0 Å². The van der Waals surface area contributed by atoms with E-state index in [1.807, 2.05) is 0 Å². The Morgan fingerprint density at radius 3 is 1.04 bits per heavy atom. The Morgan fingerprint density at radius 2 is 0.527 bits per heavy atom. The molecule has 9 aromatic carbocycles. The summed E-state index contributed by atoms with van der Waals surface area (Å²) in [4.78, 5) is 0. The molecule has 1 aliphatic rings. The molecule has 0 aromatic heterocycles. The number of hydrogen-bond donors (Lipinski definition) is 0. The van der Waals surface area contributed by atoms with Gasteiger partial charge in [-0.3, -0.25) is 0 Å². The Balaban J connectivity index is 0.980. The molecule has 0 heteroatoms. The van der Waals surface area contributed by atoms with E-state index in [4.69, 9.17) is 0 Å². The molecule has 258 valence electrons. The summed E-state index contributed by atoms with van der Waals surface area (Å²) in [5.74, 6) is 0. The van der Waals surface area contributed by atoms with Crippen LogP contribution in [0.2, 0.25) is 0 Å². The Bertz CT molecular complexity index is 2720. The molecule has 0 atom stereocenters. The van der Waals surface area contributed by atoms with Crippen molar-refractivity contribution in [2.24, 2.45) is 0 Å². The van der Waals surface area contributed by atoms with Gasteiger partial charge in [0, 0.05) is 0 Å². The van der Waals surface area contributed by atoms with Crippen LogP contribution in [-0.2, 0) is 5.41 Å². The molecular formula is C55H38. The van der Waals surface area contributed by atoms with E-state index >= 15 is 0 Å². The number of fused-ring (bicyclic) bond motifs is 3. The monoisotopic (exact) mass is 698 g/mol. The molecule has 0 nitrogen and oxygen atoms in total. The van der Waals surface area contributed by atoms with Gasteiger partial charge in [-0.25, -0.2) is 0 Å². The molecule has 55 heavy (non-hydrogen) atoms. The zero-order valence-corrected chi connectivity index (χ0v) is 30.4. The predicted molar refractivity (Wildman–Crippen MR) is 231 cm³/mol. The lowest BCUT2D eigenvalue weighted by atomic mass is 9.67. The molecule has 0 fully saturated rings. The van der Waals surface area contributed by atoms with Crippen molar-refractivity contribution >= 4 is 0 Å². The van der Waals surface area contributed by atoms with E-state index in [2.05, 4.69) is 231 Å². The van der Waals surface area contributed by atoms with Crippen molar-refractivity contribution in [1.82, 2.24) is 0 Å². The highest BCUT2D eigenvalue weighted by Gasteiger charge is 2.46. The van der Waals surface area contributed by atoms with Crippen molar-refractivity contribution in [3.05, 3.63) is 253 Å². The van der Waals surface area contributed by atoms with Crippen LogP contribution in [0.25, 0.3) is 66.8 Å². The first-order chi connectivity index (χ1) is 27.3. The van der Waals surface area contributed by atoms with E-state index in [-0.39, 0.29) is 0 Å². The summed E-state index contributed by atoms with van der Waals surface area (Å²) in [5.41, 5.74) is 19.6. The Morgan fingerprint density at radius 1 is 0.200 bits per heavy atom. The third-order valence-corrected chi connectivity index (χ3v) is 11.4. The second-order valence-electron chi connectivity index (χ2n) is 14.5. The fourth-order valence-electron chi connectivity index (χ4n) is 8.72. The molecule has 10 rings (SSSR count). The second kappa shape index (κ2) is 13.8. The maximum absolute atomic E-state index is 2.44. The first-order valence-electron chi connectivity index (χ1n) is 19.1. The minimum Gasteiger partial charge on any atom is -0.0622 e. The number of hydrogen-bond acceptors (Lipinski definition) is 0. The van der Waals surface area contributed by atoms with Crippen LogP contribution in [-0.4, -0.2) is 0 Å². The van der Waals surface area contributed by atoms with E-state index in [0.717, 1.165) is 0 Å². The molecule has 0 saturated heterocycles. The van der Waals surface area contributed by atoms with Gasteiger partial charge in [-0.15, -0.1) is 0 Å². The quantitative estimate of drug-likeness (QED) is 0.155. The van der Waals surface area contributed by atoms with Gasteiger partial charge in [0.15, 0.2) is 0 Å². The lowest BCUT2D eigenvalue weighted by Gasteiger charge is -2.34. The van der Waals surface area contributed by atoms with E-state index in [1.54, 1.807) is 0 Å². The van der Waals surface area contributed by atoms with Gasteiger partial charge in [-0.1, -0.05) is 212 Å². The van der Waals surface area contributed by atoms with Crippen LogP contribution >= 0.6 is 0 Å². The summed E-state index contributed by atoms with van der Waals surface area (Å²) in [6.07, 6.45) is 0. The first kappa shape index (κ1) is 32.6. The van der Waals surface area contributed by atoms with Crippen molar-refractivity contribution < 1.29 is 0 Å². The van der Waals surface area contributed by atoms with Crippen molar-refractivity contribution in [1.29, 1.82) is 0 Å². The first-order valence-corrected chi connectivity index (χ1v) is 19.1. The molecule has 0 amide bonds. The molecule has 0 saturated carbocycles. The average Bonchev–Trinajstić information content (AvgIpc) is 3.58. The second-order valence-corrected chi connectivity index (χ2v) is 14.5. The normalized spacial score (nSPS) is 12.5. The van der Waals surface area contributed by atoms with Gasteiger partial charge in [-0.2, -0.15) is 0 Å². The molecule has 0 radical (unpaired) electrons. The predicted octanol–water partition coefficient (Wildman–Crippen LogP) is 14.4. The molecule has 1 aliphatic carbocycles. The van der Waals surface area contributed by atoms with Gasteiger partial charge in [0.25, 0.3) is 0 Å². The van der Waals surface area contributed by atoms with Crippen molar-refractivity contribution in [3.8, 4) is 66.8 Å². The van der Waals surface area contributed by atoms with Gasteiger partial charge >= 0.3 is 0 Å². The van der Waals surface area contributed by atoms with E-state index < -0.39 is 5.41 Å². The van der Waals surface area contributed by atoms with Gasteiger partial charge in [0.1, 0.15) is 0 Å². The zero-order valence-electron chi connectivity index (χ0n) is 30.4. The maximum atomic E-state index is 2.44. The Kier molecular flexibility index (Phi) is 8.16. The number of rotatable bonds is 7. The van der Waals surface area contributed by atoms with Gasteiger partial charge in [-0.05, 0) is 107 Å². The Labute approximate surface area is 323 Å². The minimum atomic E-state index is -0.416. The molecule has 0 bridgehead atoms. The smallest absolute Gasteiger partial charge is 0.0622 e. The summed E-state index contributed by atoms with van der Waals surface area (Å²) >= 11 is 0. The number of benzene rings is 9. The maximum Gasteiger partial charge on any atom is 0.0713 e. The SMILES string of the molecule is c1ccc(-c2ccc(-c3cccc(-c4ccc(-c5cccc(-c6ccc7c(c6)C(c6ccccc6)(c6ccccc6)c6ccccc6-7)c5)cc4)c3)cc2)cc1. The third kappa shape index (κ3) is 5.71. The third-order valence-electron chi connectivity index (χ3n) is 11.4. The molecule has 0 aliphatic heterocycles. The van der Waals surface area contributed by atoms with Gasteiger partial charge < -0.3 is 0 Å². The highest BCUT2D eigenvalue weighted by molar-refractivity contribution is 5.89. The van der Waals surface area contributed by atoms with Crippen molar-refractivity contribution in [2.75, 3.05) is 0 Å². The van der Waals surface area contributed by atoms with E-state index in [1.165, 1.54) is 89.0 Å². The molecule has 0 heterocycles. The summed E-state index contributed by atoms with van der Waals surface area (Å²) in [5, 5.41) is 0. The van der Waals surface area contributed by atoms with Crippen molar-refractivity contribution in [3.63, 3.8) is 0 Å². The Hall–Kier alpha value is -7.02. The van der Waals surface area contributed by atoms with Gasteiger partial charge in [0.05, 0.1) is 5.41 Å². The van der Waals surface area contributed by atoms with Crippen LogP contribution in [0.5, 0.6) is 0 Å². The molecule has 9 aromatic rings. The van der Waals surface area contributed by atoms with Crippen molar-refractivity contribution in [2.45, 2.75) is 5.41 Å². The van der Waals surface area contributed by atoms with E-state index in [9.17, 15) is 0 Å². The average molecular weight is 699 g/mol. The standard InChI is InChI=1S/C55H38/c1-4-14-39(15-5-1)40-26-28-41(29-27-40)44-16-12-17-45(36-44)42-30-32-43(33-31-42)46-18-13-19-47(37-46)48-34-35-52-51-24-10-11-25-53(51)55(54(52)38-48,49-20-6-2-7-21-49)50-22-8-3-9-23-50/h1-38H. The zero-order chi connectivity index (χ0) is 36.6. The largest absolute Gasteiger partial charge is 0.0713 e. The van der Waals surface area contributed by atoms with Gasteiger partial charge in [0.2, 0.25) is 0 Å². The highest BCUT2D eigenvalue weighted by atomic mass is 14.5. The van der Waals surface area contributed by atoms with Crippen LogP contribution < -0.4 is 0 Å². The summed E-state index contributed by atoms with van der Waals surface area (Å²) < 4.78 is 0. The minimum absolute atomic E-state index is 0.416. The molecule has 0 unspecified atom stereocenters. The fourth-order valence-corrected chi connectivity index (χ4v) is 8.72. The lowest BCUT2D eigenvalue weighted by Crippen LogP contribution is -2.28.